The average molecular weight is 276 g/mol. The molecule has 0 amide bonds. The lowest BCUT2D eigenvalue weighted by molar-refractivity contribution is 0.229. The first-order valence-corrected chi connectivity index (χ1v) is 8.69. The highest BCUT2D eigenvalue weighted by atomic mass is 32.2. The van der Waals surface area contributed by atoms with Crippen LogP contribution in [-0.2, 0) is 10.0 Å². The topological polar surface area (TPSA) is 58.2 Å². The van der Waals surface area contributed by atoms with Gasteiger partial charge in [0.15, 0.2) is 0 Å². The Bertz CT molecular complexity index is 355. The lowest BCUT2D eigenvalue weighted by atomic mass is 9.80. The number of hydrogen-bond acceptors (Lipinski definition) is 3. The van der Waals surface area contributed by atoms with Gasteiger partial charge in [-0.3, -0.25) is 0 Å². The van der Waals surface area contributed by atoms with E-state index < -0.39 is 15.6 Å². The summed E-state index contributed by atoms with van der Waals surface area (Å²) in [6.07, 6.45) is 4.90. The molecule has 0 bridgehead atoms. The molecule has 2 N–H and O–H groups in total. The molecule has 0 aromatic heterocycles. The van der Waals surface area contributed by atoms with Crippen LogP contribution >= 0.6 is 0 Å². The Morgan fingerprint density at radius 3 is 2.06 bits per heavy atom. The summed E-state index contributed by atoms with van der Waals surface area (Å²) in [5, 5.41) is 3.52. The summed E-state index contributed by atoms with van der Waals surface area (Å²) in [6, 6.07) is 0.518. The molecular formula is C13H28N2O2S. The fourth-order valence-corrected chi connectivity index (χ4v) is 4.13. The number of hydrogen-bond donors (Lipinski definition) is 2. The molecule has 0 aromatic carbocycles. The minimum Gasteiger partial charge on any atom is -0.312 e. The third kappa shape index (κ3) is 6.16. The number of nitrogens with one attached hydrogen (secondary N) is 2. The van der Waals surface area contributed by atoms with E-state index in [0.29, 0.717) is 12.6 Å². The second-order valence-electron chi connectivity index (χ2n) is 6.75. The minimum absolute atomic E-state index is 0.433. The van der Waals surface area contributed by atoms with E-state index in [0.717, 1.165) is 11.8 Å². The van der Waals surface area contributed by atoms with Crippen molar-refractivity contribution in [2.24, 2.45) is 11.8 Å². The highest BCUT2D eigenvalue weighted by molar-refractivity contribution is 7.88. The SMILES string of the molecule is CC1CC(C)CC(NCC(C)(C)NS(C)(=O)=O)C1. The van der Waals surface area contributed by atoms with E-state index >= 15 is 0 Å². The third-order valence-corrected chi connectivity index (χ3v) is 4.40. The van der Waals surface area contributed by atoms with Gasteiger partial charge in [-0.15, -0.1) is 0 Å². The molecule has 2 unspecified atom stereocenters. The fourth-order valence-electron chi connectivity index (χ4n) is 3.05. The lowest BCUT2D eigenvalue weighted by Crippen LogP contribution is -2.52. The summed E-state index contributed by atoms with van der Waals surface area (Å²) in [5.74, 6) is 1.52. The Kier molecular flexibility index (Phi) is 5.21. The molecule has 108 valence electrons. The van der Waals surface area contributed by atoms with Crippen molar-refractivity contribution in [2.75, 3.05) is 12.8 Å². The minimum atomic E-state index is -3.15. The zero-order valence-corrected chi connectivity index (χ0v) is 13.1. The molecule has 1 fully saturated rings. The van der Waals surface area contributed by atoms with Gasteiger partial charge in [-0.1, -0.05) is 13.8 Å². The molecule has 4 nitrogen and oxygen atoms in total. The van der Waals surface area contributed by atoms with Gasteiger partial charge in [-0.25, -0.2) is 13.1 Å². The van der Waals surface area contributed by atoms with Gasteiger partial charge < -0.3 is 5.32 Å². The van der Waals surface area contributed by atoms with E-state index in [-0.39, 0.29) is 0 Å². The zero-order chi connectivity index (χ0) is 14.0. The molecule has 5 heteroatoms. The summed E-state index contributed by atoms with van der Waals surface area (Å²) in [4.78, 5) is 0. The van der Waals surface area contributed by atoms with Crippen LogP contribution in [0.3, 0.4) is 0 Å². The molecule has 0 heterocycles. The van der Waals surface area contributed by atoms with Crippen molar-refractivity contribution in [1.82, 2.24) is 10.0 Å². The maximum atomic E-state index is 11.3. The molecule has 1 rings (SSSR count). The Balaban J connectivity index is 2.44. The van der Waals surface area contributed by atoms with E-state index in [2.05, 4.69) is 23.9 Å². The predicted octanol–water partition coefficient (Wildman–Crippen LogP) is 1.73. The maximum absolute atomic E-state index is 11.3. The Labute approximate surface area is 112 Å². The van der Waals surface area contributed by atoms with Crippen molar-refractivity contribution >= 4 is 10.0 Å². The zero-order valence-electron chi connectivity index (χ0n) is 12.3. The van der Waals surface area contributed by atoms with Crippen LogP contribution in [0.1, 0.15) is 47.0 Å². The Morgan fingerprint density at radius 1 is 1.11 bits per heavy atom. The van der Waals surface area contributed by atoms with Crippen LogP contribution in [-0.4, -0.2) is 32.8 Å². The number of sulfonamides is 1. The molecule has 0 radical (unpaired) electrons. The number of rotatable bonds is 5. The molecule has 0 saturated heterocycles. The normalized spacial score (nSPS) is 30.4. The highest BCUT2D eigenvalue weighted by Gasteiger charge is 2.27. The quantitative estimate of drug-likeness (QED) is 0.804. The van der Waals surface area contributed by atoms with Gasteiger partial charge in [0.25, 0.3) is 0 Å². The van der Waals surface area contributed by atoms with Crippen molar-refractivity contribution in [3.63, 3.8) is 0 Å². The van der Waals surface area contributed by atoms with Crippen LogP contribution in [0.4, 0.5) is 0 Å². The molecular weight excluding hydrogens is 248 g/mol. The molecule has 1 saturated carbocycles. The second kappa shape index (κ2) is 5.88. The first kappa shape index (κ1) is 15.9. The van der Waals surface area contributed by atoms with Gasteiger partial charge >= 0.3 is 0 Å². The summed E-state index contributed by atoms with van der Waals surface area (Å²) in [6.45, 7) is 9.09. The predicted molar refractivity (Wildman–Crippen MR) is 76.0 cm³/mol. The van der Waals surface area contributed by atoms with E-state index in [1.807, 2.05) is 13.8 Å². The average Bonchev–Trinajstić information content (AvgIpc) is 2.09. The molecule has 1 aliphatic carbocycles. The van der Waals surface area contributed by atoms with Crippen molar-refractivity contribution in [1.29, 1.82) is 0 Å². The Hall–Kier alpha value is -0.130. The van der Waals surface area contributed by atoms with Crippen molar-refractivity contribution in [3.05, 3.63) is 0 Å². The largest absolute Gasteiger partial charge is 0.312 e. The van der Waals surface area contributed by atoms with Crippen LogP contribution < -0.4 is 10.0 Å². The lowest BCUT2D eigenvalue weighted by Gasteiger charge is -2.35. The van der Waals surface area contributed by atoms with Crippen LogP contribution in [0.5, 0.6) is 0 Å². The maximum Gasteiger partial charge on any atom is 0.209 e. The van der Waals surface area contributed by atoms with Gasteiger partial charge in [-0.2, -0.15) is 0 Å². The van der Waals surface area contributed by atoms with Crippen LogP contribution in [0, 0.1) is 11.8 Å². The van der Waals surface area contributed by atoms with Crippen molar-refractivity contribution < 1.29 is 8.42 Å². The molecule has 0 aromatic rings. The highest BCUT2D eigenvalue weighted by Crippen LogP contribution is 2.28. The van der Waals surface area contributed by atoms with Gasteiger partial charge in [0.2, 0.25) is 10.0 Å². The van der Waals surface area contributed by atoms with Crippen LogP contribution in [0.25, 0.3) is 0 Å². The summed E-state index contributed by atoms with van der Waals surface area (Å²) >= 11 is 0. The smallest absolute Gasteiger partial charge is 0.209 e. The first-order chi connectivity index (χ1) is 8.07. The van der Waals surface area contributed by atoms with Gasteiger partial charge in [0, 0.05) is 18.1 Å². The van der Waals surface area contributed by atoms with Gasteiger partial charge in [-0.05, 0) is 44.9 Å². The van der Waals surface area contributed by atoms with Crippen LogP contribution in [0.15, 0.2) is 0 Å². The van der Waals surface area contributed by atoms with Crippen molar-refractivity contribution in [3.8, 4) is 0 Å². The second-order valence-corrected chi connectivity index (χ2v) is 8.50. The fraction of sp³-hybridized carbons (Fsp3) is 1.00. The molecule has 1 aliphatic rings. The third-order valence-electron chi connectivity index (χ3n) is 3.47. The molecule has 18 heavy (non-hydrogen) atoms. The van der Waals surface area contributed by atoms with E-state index in [1.165, 1.54) is 25.5 Å². The van der Waals surface area contributed by atoms with E-state index in [4.69, 9.17) is 0 Å². The monoisotopic (exact) mass is 276 g/mol. The molecule has 0 aliphatic heterocycles. The van der Waals surface area contributed by atoms with Gasteiger partial charge in [0.05, 0.1) is 6.26 Å². The molecule has 0 spiro atoms. The summed E-state index contributed by atoms with van der Waals surface area (Å²) < 4.78 is 25.2. The molecule has 2 atom stereocenters. The first-order valence-electron chi connectivity index (χ1n) is 6.80. The van der Waals surface area contributed by atoms with E-state index in [1.54, 1.807) is 0 Å². The van der Waals surface area contributed by atoms with Crippen molar-refractivity contribution in [2.45, 2.75) is 58.5 Å². The standard InChI is InChI=1S/C13H28N2O2S/c1-10-6-11(2)8-12(7-10)14-9-13(3,4)15-18(5,16)17/h10-12,14-15H,6-9H2,1-5H3. The summed E-state index contributed by atoms with van der Waals surface area (Å²) in [5.41, 5.74) is -0.433. The Morgan fingerprint density at radius 2 is 1.61 bits per heavy atom. The van der Waals surface area contributed by atoms with Gasteiger partial charge in [0.1, 0.15) is 0 Å². The van der Waals surface area contributed by atoms with E-state index in [9.17, 15) is 8.42 Å². The van der Waals surface area contributed by atoms with Crippen LogP contribution in [0.2, 0.25) is 0 Å². The summed E-state index contributed by atoms with van der Waals surface area (Å²) in [7, 11) is -3.15.